The van der Waals surface area contributed by atoms with Gasteiger partial charge in [-0.15, -0.1) is 24.8 Å². The van der Waals surface area contributed by atoms with Crippen LogP contribution < -0.4 is 10.6 Å². The molecule has 0 aromatic heterocycles. The van der Waals surface area contributed by atoms with Crippen molar-refractivity contribution in [2.75, 3.05) is 31.2 Å². The van der Waals surface area contributed by atoms with Crippen LogP contribution in [0, 0.1) is 0 Å². The van der Waals surface area contributed by atoms with E-state index < -0.39 is 11.7 Å². The molecule has 0 bridgehead atoms. The lowest BCUT2D eigenvalue weighted by molar-refractivity contribution is -0.137. The van der Waals surface area contributed by atoms with Crippen molar-refractivity contribution in [2.45, 2.75) is 12.7 Å². The molecule has 2 N–H and O–H groups in total. The van der Waals surface area contributed by atoms with E-state index in [9.17, 15) is 13.2 Å². The van der Waals surface area contributed by atoms with Gasteiger partial charge in [0, 0.05) is 25.3 Å². The van der Waals surface area contributed by atoms with Crippen molar-refractivity contribution in [2.24, 2.45) is 5.73 Å². The van der Waals surface area contributed by atoms with Gasteiger partial charge in [0.25, 0.3) is 0 Å². The van der Waals surface area contributed by atoms with E-state index in [1.165, 1.54) is 12.1 Å². The maximum Gasteiger partial charge on any atom is 0.416 e. The van der Waals surface area contributed by atoms with Crippen molar-refractivity contribution in [1.29, 1.82) is 0 Å². The van der Waals surface area contributed by atoms with E-state index in [0.717, 1.165) is 11.6 Å². The first-order valence-corrected chi connectivity index (χ1v) is 5.75. The van der Waals surface area contributed by atoms with Gasteiger partial charge in [-0.25, -0.2) is 0 Å². The fourth-order valence-electron chi connectivity index (χ4n) is 2.01. The molecular weight excluding hydrogens is 316 g/mol. The molecule has 20 heavy (non-hydrogen) atoms. The Bertz CT molecular complexity index is 424. The van der Waals surface area contributed by atoms with Crippen LogP contribution in [0.4, 0.5) is 18.9 Å². The average Bonchev–Trinajstić information content (AvgIpc) is 2.38. The summed E-state index contributed by atoms with van der Waals surface area (Å²) in [5.41, 5.74) is 6.23. The summed E-state index contributed by atoms with van der Waals surface area (Å²) in [6, 6.07) is 3.70. The van der Waals surface area contributed by atoms with Crippen molar-refractivity contribution in [3.8, 4) is 0 Å². The normalized spacial score (nSPS) is 15.3. The Morgan fingerprint density at radius 3 is 2.25 bits per heavy atom. The maximum atomic E-state index is 12.7. The molecular formula is C12H17Cl2F3N2O. The highest BCUT2D eigenvalue weighted by atomic mass is 35.5. The van der Waals surface area contributed by atoms with Crippen molar-refractivity contribution < 1.29 is 17.9 Å². The number of anilines is 1. The maximum absolute atomic E-state index is 12.7. The minimum atomic E-state index is -4.33. The summed E-state index contributed by atoms with van der Waals surface area (Å²) in [6.07, 6.45) is -4.33. The van der Waals surface area contributed by atoms with Gasteiger partial charge in [-0.2, -0.15) is 13.2 Å². The topological polar surface area (TPSA) is 38.5 Å². The number of morpholine rings is 1. The number of alkyl halides is 3. The third-order valence-corrected chi connectivity index (χ3v) is 2.98. The monoisotopic (exact) mass is 332 g/mol. The van der Waals surface area contributed by atoms with Crippen LogP contribution in [0.2, 0.25) is 0 Å². The van der Waals surface area contributed by atoms with Crippen LogP contribution in [-0.4, -0.2) is 26.3 Å². The third kappa shape index (κ3) is 4.41. The number of hydrogen-bond acceptors (Lipinski definition) is 3. The Morgan fingerprint density at radius 1 is 1.15 bits per heavy atom. The Balaban J connectivity index is 0.00000180. The summed E-state index contributed by atoms with van der Waals surface area (Å²) in [6.45, 7) is 2.47. The van der Waals surface area contributed by atoms with Crippen LogP contribution in [0.1, 0.15) is 11.1 Å². The van der Waals surface area contributed by atoms with E-state index in [4.69, 9.17) is 10.5 Å². The molecule has 116 valence electrons. The zero-order chi connectivity index (χ0) is 13.2. The minimum absolute atomic E-state index is 0. The number of ether oxygens (including phenoxy) is 1. The first kappa shape index (κ1) is 19.3. The fraction of sp³-hybridized carbons (Fsp3) is 0.500. The molecule has 0 amide bonds. The molecule has 1 aromatic rings. The number of nitrogens with zero attached hydrogens (tertiary/aromatic N) is 1. The van der Waals surface area contributed by atoms with Gasteiger partial charge in [-0.3, -0.25) is 0 Å². The summed E-state index contributed by atoms with van der Waals surface area (Å²) in [5, 5.41) is 0. The van der Waals surface area contributed by atoms with Gasteiger partial charge in [0.2, 0.25) is 0 Å². The number of nitrogens with two attached hydrogens (primary N) is 1. The summed E-state index contributed by atoms with van der Waals surface area (Å²) in [5.74, 6) is 0. The van der Waals surface area contributed by atoms with Crippen LogP contribution in [0.3, 0.4) is 0 Å². The predicted octanol–water partition coefficient (Wildman–Crippen LogP) is 2.84. The average molecular weight is 333 g/mol. The standard InChI is InChI=1S/C12H15F3N2O.2ClH/c13-12(14,15)10-2-1-9(8-16)11(7-10)17-3-5-18-6-4-17;;/h1-2,7H,3-6,8,16H2;2*1H. The van der Waals surface area contributed by atoms with Crippen molar-refractivity contribution in [3.05, 3.63) is 29.3 Å². The van der Waals surface area contributed by atoms with Gasteiger partial charge >= 0.3 is 6.18 Å². The molecule has 0 saturated carbocycles. The van der Waals surface area contributed by atoms with Crippen molar-refractivity contribution in [1.82, 2.24) is 0 Å². The molecule has 0 radical (unpaired) electrons. The Morgan fingerprint density at radius 2 is 1.75 bits per heavy atom. The Hall–Kier alpha value is -0.690. The fourth-order valence-corrected chi connectivity index (χ4v) is 2.01. The van der Waals surface area contributed by atoms with Gasteiger partial charge in [-0.05, 0) is 17.7 Å². The Labute approximate surface area is 128 Å². The summed E-state index contributed by atoms with van der Waals surface area (Å²) in [7, 11) is 0. The molecule has 0 unspecified atom stereocenters. The predicted molar refractivity (Wildman–Crippen MR) is 76.9 cm³/mol. The molecule has 3 nitrogen and oxygen atoms in total. The highest BCUT2D eigenvalue weighted by Crippen LogP contribution is 2.33. The summed E-state index contributed by atoms with van der Waals surface area (Å²) >= 11 is 0. The molecule has 1 aliphatic rings. The van der Waals surface area contributed by atoms with E-state index in [1.54, 1.807) is 0 Å². The highest BCUT2D eigenvalue weighted by Gasteiger charge is 2.31. The van der Waals surface area contributed by atoms with Gasteiger partial charge in [0.1, 0.15) is 0 Å². The molecule has 1 heterocycles. The molecule has 0 spiro atoms. The smallest absolute Gasteiger partial charge is 0.378 e. The summed E-state index contributed by atoms with van der Waals surface area (Å²) in [4.78, 5) is 1.89. The zero-order valence-corrected chi connectivity index (χ0v) is 12.3. The van der Waals surface area contributed by atoms with E-state index >= 15 is 0 Å². The molecule has 8 heteroatoms. The second kappa shape index (κ2) is 7.93. The van der Waals surface area contributed by atoms with Crippen molar-refractivity contribution >= 4 is 30.5 Å². The van der Waals surface area contributed by atoms with Crippen molar-refractivity contribution in [3.63, 3.8) is 0 Å². The lowest BCUT2D eigenvalue weighted by Crippen LogP contribution is -2.37. The van der Waals surface area contributed by atoms with Crippen LogP contribution in [0.25, 0.3) is 0 Å². The largest absolute Gasteiger partial charge is 0.416 e. The highest BCUT2D eigenvalue weighted by molar-refractivity contribution is 5.85. The van der Waals surface area contributed by atoms with Gasteiger partial charge in [0.15, 0.2) is 0 Å². The van der Waals surface area contributed by atoms with Gasteiger partial charge < -0.3 is 15.4 Å². The lowest BCUT2D eigenvalue weighted by Gasteiger charge is -2.31. The van der Waals surface area contributed by atoms with Crippen LogP contribution >= 0.6 is 24.8 Å². The molecule has 0 aliphatic carbocycles. The lowest BCUT2D eigenvalue weighted by atomic mass is 10.1. The van der Waals surface area contributed by atoms with E-state index in [-0.39, 0.29) is 31.4 Å². The van der Waals surface area contributed by atoms with E-state index in [0.29, 0.717) is 32.0 Å². The van der Waals surface area contributed by atoms with Gasteiger partial charge in [0.05, 0.1) is 18.8 Å². The zero-order valence-electron chi connectivity index (χ0n) is 10.7. The molecule has 2 rings (SSSR count). The molecule has 1 fully saturated rings. The minimum Gasteiger partial charge on any atom is -0.378 e. The third-order valence-electron chi connectivity index (χ3n) is 2.98. The van der Waals surface area contributed by atoms with Gasteiger partial charge in [-0.1, -0.05) is 6.07 Å². The molecule has 1 aromatic carbocycles. The number of hydrogen-bond donors (Lipinski definition) is 1. The second-order valence-corrected chi connectivity index (χ2v) is 4.14. The first-order chi connectivity index (χ1) is 8.52. The first-order valence-electron chi connectivity index (χ1n) is 5.75. The number of halogens is 5. The Kier molecular flexibility index (Phi) is 7.65. The van der Waals surface area contributed by atoms with E-state index in [2.05, 4.69) is 0 Å². The SMILES string of the molecule is Cl.Cl.NCc1ccc(C(F)(F)F)cc1N1CCOCC1. The quantitative estimate of drug-likeness (QED) is 0.905. The molecule has 0 atom stereocenters. The number of rotatable bonds is 2. The van der Waals surface area contributed by atoms with Crippen LogP contribution in [0.5, 0.6) is 0 Å². The molecule has 1 aliphatic heterocycles. The number of benzene rings is 1. The van der Waals surface area contributed by atoms with E-state index in [1.807, 2.05) is 4.90 Å². The van der Waals surface area contributed by atoms with Crippen LogP contribution in [-0.2, 0) is 17.5 Å². The second-order valence-electron chi connectivity index (χ2n) is 4.14. The summed E-state index contributed by atoms with van der Waals surface area (Å²) < 4.78 is 43.3. The molecule has 1 saturated heterocycles. The van der Waals surface area contributed by atoms with Crippen LogP contribution in [0.15, 0.2) is 18.2 Å².